The number of allylic oxidation sites excluding steroid dienone is 4. The fraction of sp³-hybridized carbons (Fsp3) is 0.370. The van der Waals surface area contributed by atoms with Crippen molar-refractivity contribution < 1.29 is 14.5 Å². The molecule has 2 heterocycles. The molecule has 0 unspecified atom stereocenters. The molecule has 2 aromatic carbocycles. The highest BCUT2D eigenvalue weighted by molar-refractivity contribution is 5.92. The van der Waals surface area contributed by atoms with E-state index in [1.165, 1.54) is 16.8 Å². The fourth-order valence-electron chi connectivity index (χ4n) is 6.48. The number of esters is 1. The quantitative estimate of drug-likeness (QED) is 0.264. The van der Waals surface area contributed by atoms with E-state index >= 15 is 0 Å². The second kappa shape index (κ2) is 7.58. The molecule has 6 nitrogen and oxygen atoms in total. The van der Waals surface area contributed by atoms with Crippen LogP contribution in [0.2, 0.25) is 0 Å². The molecule has 0 fully saturated rings. The third-order valence-electron chi connectivity index (χ3n) is 7.81. The Hall–Kier alpha value is -3.41. The minimum absolute atomic E-state index is 0.120. The lowest BCUT2D eigenvalue weighted by Crippen LogP contribution is -2.46. The van der Waals surface area contributed by atoms with E-state index in [1.807, 2.05) is 31.2 Å². The number of ether oxygens (including phenoxy) is 1. The van der Waals surface area contributed by atoms with Gasteiger partial charge in [-0.3, -0.25) is 10.1 Å². The van der Waals surface area contributed by atoms with Gasteiger partial charge in [0, 0.05) is 36.2 Å². The van der Waals surface area contributed by atoms with Gasteiger partial charge in [-0.2, -0.15) is 0 Å². The molecule has 4 aliphatic rings. The van der Waals surface area contributed by atoms with Gasteiger partial charge < -0.3 is 9.64 Å². The van der Waals surface area contributed by atoms with E-state index in [9.17, 15) is 14.9 Å². The molecule has 0 aromatic heterocycles. The highest BCUT2D eigenvalue weighted by atomic mass is 16.6. The predicted octanol–water partition coefficient (Wildman–Crippen LogP) is 5.67. The molecule has 2 aliphatic carbocycles. The molecule has 6 heteroatoms. The van der Waals surface area contributed by atoms with Crippen LogP contribution >= 0.6 is 0 Å². The highest BCUT2D eigenvalue weighted by Crippen LogP contribution is 2.59. The molecule has 33 heavy (non-hydrogen) atoms. The molecule has 5 atom stereocenters. The second-order valence-electron chi connectivity index (χ2n) is 9.47. The molecular weight excluding hydrogens is 416 g/mol. The van der Waals surface area contributed by atoms with Gasteiger partial charge in [0.25, 0.3) is 5.69 Å². The third kappa shape index (κ3) is 3.04. The molecule has 0 saturated carbocycles. The van der Waals surface area contributed by atoms with E-state index in [-0.39, 0.29) is 28.5 Å². The first-order chi connectivity index (χ1) is 16.1. The molecule has 2 aliphatic heterocycles. The molecule has 0 amide bonds. The van der Waals surface area contributed by atoms with Crippen molar-refractivity contribution in [3.05, 3.63) is 93.1 Å². The molecule has 2 aromatic rings. The predicted molar refractivity (Wildman–Crippen MR) is 126 cm³/mol. The van der Waals surface area contributed by atoms with Gasteiger partial charge in [-0.05, 0) is 60.4 Å². The standard InChI is InChI=1S/C27H26N2O4/c1-2-33-27(30)18-13-23-20-6-3-5-17(20)15-28-25(16-9-11-19(12-10-16)29(31)32)22-8-4-7-21(22)24(14-18)26(23)28/h3-4,6-7,9-14,17,20-22,25H,2,5,8,15H2,1H3/t17-,20+,21+,22+,25+/m1/s1. The van der Waals surface area contributed by atoms with E-state index in [0.717, 1.165) is 24.9 Å². The smallest absolute Gasteiger partial charge is 0.338 e. The summed E-state index contributed by atoms with van der Waals surface area (Å²) in [7, 11) is 0. The molecule has 0 bridgehead atoms. The summed E-state index contributed by atoms with van der Waals surface area (Å²) in [5.41, 5.74) is 5.55. The number of carbonyl (C=O) groups excluding carboxylic acids is 1. The van der Waals surface area contributed by atoms with Crippen LogP contribution in [0.25, 0.3) is 0 Å². The molecule has 0 spiro atoms. The SMILES string of the molecule is CCOC(=O)c1cc2c3c(c1)[C@H]1C=CC[C@@H]1[C@H](c1ccc([N+](=O)[O-])cc1)N3C[C@H]1CC=C[C@H]21. The van der Waals surface area contributed by atoms with Crippen molar-refractivity contribution in [2.24, 2.45) is 11.8 Å². The maximum atomic E-state index is 12.7. The van der Waals surface area contributed by atoms with Crippen molar-refractivity contribution in [2.75, 3.05) is 18.1 Å². The summed E-state index contributed by atoms with van der Waals surface area (Å²) < 4.78 is 5.36. The summed E-state index contributed by atoms with van der Waals surface area (Å²) in [6, 6.07) is 11.3. The molecule has 0 saturated heterocycles. The van der Waals surface area contributed by atoms with Gasteiger partial charge in [0.1, 0.15) is 0 Å². The number of anilines is 1. The minimum atomic E-state index is -0.343. The average molecular weight is 443 g/mol. The van der Waals surface area contributed by atoms with Crippen LogP contribution in [0.1, 0.15) is 64.7 Å². The van der Waals surface area contributed by atoms with Crippen LogP contribution in [0.15, 0.2) is 60.7 Å². The Balaban J connectivity index is 1.52. The van der Waals surface area contributed by atoms with Gasteiger partial charge in [0.05, 0.1) is 23.1 Å². The number of hydrogen-bond acceptors (Lipinski definition) is 5. The summed E-state index contributed by atoms with van der Waals surface area (Å²) in [5.74, 6) is 1.06. The van der Waals surface area contributed by atoms with E-state index in [1.54, 1.807) is 12.1 Å². The van der Waals surface area contributed by atoms with Crippen molar-refractivity contribution >= 4 is 17.3 Å². The topological polar surface area (TPSA) is 72.7 Å². The van der Waals surface area contributed by atoms with Crippen molar-refractivity contribution in [1.82, 2.24) is 0 Å². The number of nitro groups is 1. The van der Waals surface area contributed by atoms with Crippen molar-refractivity contribution in [1.29, 1.82) is 0 Å². The number of nitro benzene ring substituents is 1. The maximum Gasteiger partial charge on any atom is 0.338 e. The Labute approximate surface area is 192 Å². The highest BCUT2D eigenvalue weighted by Gasteiger charge is 2.48. The third-order valence-corrected chi connectivity index (χ3v) is 7.81. The Morgan fingerprint density at radius 2 is 1.79 bits per heavy atom. The number of benzene rings is 2. The van der Waals surface area contributed by atoms with E-state index in [2.05, 4.69) is 29.2 Å². The maximum absolute atomic E-state index is 12.7. The normalized spacial score (nSPS) is 28.3. The first kappa shape index (κ1) is 20.2. The number of hydrogen-bond donors (Lipinski definition) is 0. The first-order valence-electron chi connectivity index (χ1n) is 11.8. The van der Waals surface area contributed by atoms with E-state index < -0.39 is 0 Å². The van der Waals surface area contributed by atoms with Crippen molar-refractivity contribution in [2.45, 2.75) is 37.6 Å². The second-order valence-corrected chi connectivity index (χ2v) is 9.47. The lowest BCUT2D eigenvalue weighted by molar-refractivity contribution is -0.384. The number of non-ortho nitro benzene ring substituents is 1. The van der Waals surface area contributed by atoms with Gasteiger partial charge in [-0.15, -0.1) is 0 Å². The van der Waals surface area contributed by atoms with Crippen LogP contribution in [0.3, 0.4) is 0 Å². The van der Waals surface area contributed by atoms with Crippen LogP contribution in [0.4, 0.5) is 11.4 Å². The lowest BCUT2D eigenvalue weighted by atomic mass is 9.70. The van der Waals surface area contributed by atoms with Gasteiger partial charge in [0.15, 0.2) is 0 Å². The Morgan fingerprint density at radius 3 is 2.52 bits per heavy atom. The molecule has 0 N–H and O–H groups in total. The van der Waals surface area contributed by atoms with E-state index in [4.69, 9.17) is 4.74 Å². The van der Waals surface area contributed by atoms with Crippen molar-refractivity contribution in [3.63, 3.8) is 0 Å². The lowest BCUT2D eigenvalue weighted by Gasteiger charge is -2.51. The Bertz CT molecular complexity index is 1180. The zero-order chi connectivity index (χ0) is 22.7. The molecule has 0 radical (unpaired) electrons. The molecular formula is C27H26N2O4. The summed E-state index contributed by atoms with van der Waals surface area (Å²) >= 11 is 0. The van der Waals surface area contributed by atoms with Crippen LogP contribution in [-0.2, 0) is 4.74 Å². The first-order valence-corrected chi connectivity index (χ1v) is 11.8. The number of carbonyl (C=O) groups is 1. The van der Waals surface area contributed by atoms with Gasteiger partial charge in [0.2, 0.25) is 0 Å². The van der Waals surface area contributed by atoms with Crippen LogP contribution < -0.4 is 4.90 Å². The molecule has 6 rings (SSSR count). The zero-order valence-corrected chi connectivity index (χ0v) is 18.5. The van der Waals surface area contributed by atoms with Gasteiger partial charge in [-0.1, -0.05) is 36.4 Å². The minimum Gasteiger partial charge on any atom is -0.462 e. The van der Waals surface area contributed by atoms with Crippen LogP contribution in [0, 0.1) is 22.0 Å². The fourth-order valence-corrected chi connectivity index (χ4v) is 6.48. The summed E-state index contributed by atoms with van der Waals surface area (Å²) in [4.78, 5) is 26.1. The number of fused-ring (bicyclic) bond motifs is 4. The number of nitrogens with zero attached hydrogens (tertiary/aromatic N) is 2. The zero-order valence-electron chi connectivity index (χ0n) is 18.5. The summed E-state index contributed by atoms with van der Waals surface area (Å²) in [6.45, 7) is 3.14. The van der Waals surface area contributed by atoms with Gasteiger partial charge in [-0.25, -0.2) is 4.79 Å². The van der Waals surface area contributed by atoms with Gasteiger partial charge >= 0.3 is 5.97 Å². The molecule has 168 valence electrons. The summed E-state index contributed by atoms with van der Waals surface area (Å²) in [5, 5.41) is 11.2. The van der Waals surface area contributed by atoms with Crippen LogP contribution in [0.5, 0.6) is 0 Å². The average Bonchev–Trinajstić information content (AvgIpc) is 3.49. The monoisotopic (exact) mass is 442 g/mol. The Morgan fingerprint density at radius 1 is 1.09 bits per heavy atom. The largest absolute Gasteiger partial charge is 0.462 e. The summed E-state index contributed by atoms with van der Waals surface area (Å²) in [6.07, 6.45) is 11.1. The van der Waals surface area contributed by atoms with Crippen molar-refractivity contribution in [3.8, 4) is 0 Å². The van der Waals surface area contributed by atoms with Crippen LogP contribution in [-0.4, -0.2) is 24.0 Å². The Kier molecular flexibility index (Phi) is 4.64. The van der Waals surface area contributed by atoms with E-state index in [0.29, 0.717) is 29.9 Å². The number of rotatable bonds is 4.